The van der Waals surface area contributed by atoms with Gasteiger partial charge < -0.3 is 37.9 Å². The zero-order valence-corrected chi connectivity index (χ0v) is 23.8. The van der Waals surface area contributed by atoms with Crippen LogP contribution in [0.3, 0.4) is 0 Å². The smallest absolute Gasteiger partial charge is 0.310 e. The van der Waals surface area contributed by atoms with E-state index in [-0.39, 0.29) is 31.8 Å². The topological polar surface area (TPSA) is 108 Å². The molecule has 1 aliphatic carbocycles. The Bertz CT molecular complexity index is 1470. The molecule has 0 radical (unpaired) electrons. The van der Waals surface area contributed by atoms with Gasteiger partial charge in [-0.2, -0.15) is 0 Å². The Labute approximate surface area is 243 Å². The highest BCUT2D eigenvalue weighted by Crippen LogP contribution is 2.56. The van der Waals surface area contributed by atoms with E-state index in [2.05, 4.69) is 0 Å². The molecule has 4 atom stereocenters. The second-order valence-electron chi connectivity index (χ2n) is 10.3. The van der Waals surface area contributed by atoms with Gasteiger partial charge in [0.15, 0.2) is 23.0 Å². The number of fused-ring (bicyclic) bond motifs is 3. The van der Waals surface area contributed by atoms with Crippen molar-refractivity contribution in [1.29, 1.82) is 0 Å². The summed E-state index contributed by atoms with van der Waals surface area (Å²) in [5, 5.41) is 0. The lowest BCUT2D eigenvalue weighted by molar-refractivity contribution is -0.154. The summed E-state index contributed by atoms with van der Waals surface area (Å²) in [6.45, 7) is 0.197. The van der Waals surface area contributed by atoms with Gasteiger partial charge in [-0.3, -0.25) is 9.59 Å². The third-order valence-electron chi connectivity index (χ3n) is 8.20. The molecule has 2 heterocycles. The number of hydrogen-bond acceptors (Lipinski definition) is 10. The fourth-order valence-corrected chi connectivity index (χ4v) is 6.18. The van der Waals surface area contributed by atoms with Crippen molar-refractivity contribution in [1.82, 2.24) is 0 Å². The molecule has 42 heavy (non-hydrogen) atoms. The standard InChI is InChI=1S/C32H32O10/c1-35-19-8-5-17(6-9-19)7-10-27(33)42-30-21-14-24-23(40-16-41-24)13-20(21)28(29-22(30)15-39-32(29)34)18-11-25(36-2)31(38-4)26(12-18)37-3/h5-6,8-9,11-14,22,28-30H,7,10,15-16H2,1-4H3. The summed E-state index contributed by atoms with van der Waals surface area (Å²) in [7, 11) is 6.23. The SMILES string of the molecule is COc1ccc(CCC(=O)OC2c3cc4c(cc3C(c3cc(OC)c(OC)c(OC)c3)C3C(=O)OCC23)OCO4)cc1. The van der Waals surface area contributed by atoms with Gasteiger partial charge in [0.05, 0.1) is 41.0 Å². The van der Waals surface area contributed by atoms with E-state index in [1.54, 1.807) is 21.3 Å². The maximum atomic E-state index is 13.3. The second kappa shape index (κ2) is 11.3. The van der Waals surface area contributed by atoms with E-state index in [1.165, 1.54) is 7.11 Å². The van der Waals surface area contributed by atoms with Crippen LogP contribution in [0.5, 0.6) is 34.5 Å². The van der Waals surface area contributed by atoms with E-state index in [4.69, 9.17) is 37.9 Å². The first-order valence-corrected chi connectivity index (χ1v) is 13.7. The van der Waals surface area contributed by atoms with Crippen molar-refractivity contribution in [3.8, 4) is 34.5 Å². The van der Waals surface area contributed by atoms with Gasteiger partial charge >= 0.3 is 11.9 Å². The van der Waals surface area contributed by atoms with Crippen LogP contribution in [0.15, 0.2) is 48.5 Å². The summed E-state index contributed by atoms with van der Waals surface area (Å²) in [6, 6.07) is 14.9. The van der Waals surface area contributed by atoms with Crippen molar-refractivity contribution in [3.05, 3.63) is 70.8 Å². The lowest BCUT2D eigenvalue weighted by Crippen LogP contribution is -2.36. The molecule has 3 aromatic carbocycles. The summed E-state index contributed by atoms with van der Waals surface area (Å²) in [5.41, 5.74) is 3.28. The number of carbonyl (C=O) groups excluding carboxylic acids is 2. The predicted molar refractivity (Wildman–Crippen MR) is 149 cm³/mol. The van der Waals surface area contributed by atoms with E-state index >= 15 is 0 Å². The van der Waals surface area contributed by atoms with Gasteiger partial charge in [-0.1, -0.05) is 12.1 Å². The zero-order chi connectivity index (χ0) is 29.4. The molecule has 6 rings (SSSR count). The summed E-state index contributed by atoms with van der Waals surface area (Å²) in [6.07, 6.45) is -0.0422. The first-order chi connectivity index (χ1) is 20.4. The number of aryl methyl sites for hydroxylation is 1. The Kier molecular flexibility index (Phi) is 7.45. The summed E-state index contributed by atoms with van der Waals surface area (Å²) < 4.78 is 45.1. The van der Waals surface area contributed by atoms with Crippen LogP contribution in [0.4, 0.5) is 0 Å². The summed E-state index contributed by atoms with van der Waals surface area (Å²) in [4.78, 5) is 26.6. The van der Waals surface area contributed by atoms with Crippen LogP contribution in [0, 0.1) is 11.8 Å². The number of rotatable bonds is 9. The number of cyclic esters (lactones) is 1. The number of benzene rings is 3. The Hall–Kier alpha value is -4.60. The molecule has 0 bridgehead atoms. The monoisotopic (exact) mass is 576 g/mol. The zero-order valence-electron chi connectivity index (χ0n) is 23.8. The van der Waals surface area contributed by atoms with Crippen molar-refractivity contribution in [2.24, 2.45) is 11.8 Å². The Morgan fingerprint density at radius 3 is 2.12 bits per heavy atom. The molecule has 0 saturated carbocycles. The lowest BCUT2D eigenvalue weighted by atomic mass is 9.66. The van der Waals surface area contributed by atoms with Gasteiger partial charge in [0, 0.05) is 23.8 Å². The minimum atomic E-state index is -0.715. The molecule has 3 aliphatic rings. The Balaban J connectivity index is 1.38. The highest BCUT2D eigenvalue weighted by molar-refractivity contribution is 5.79. The maximum absolute atomic E-state index is 13.3. The molecule has 3 aromatic rings. The van der Waals surface area contributed by atoms with E-state index in [1.807, 2.05) is 48.5 Å². The van der Waals surface area contributed by atoms with Crippen LogP contribution in [0.1, 0.15) is 40.7 Å². The van der Waals surface area contributed by atoms with Crippen molar-refractivity contribution in [2.75, 3.05) is 41.8 Å². The minimum absolute atomic E-state index is 0.0777. The second-order valence-corrected chi connectivity index (χ2v) is 10.3. The van der Waals surface area contributed by atoms with Gasteiger partial charge in [-0.05, 0) is 59.5 Å². The fraction of sp³-hybridized carbons (Fsp3) is 0.375. The molecular formula is C32H32O10. The Morgan fingerprint density at radius 1 is 0.833 bits per heavy atom. The maximum Gasteiger partial charge on any atom is 0.310 e. The van der Waals surface area contributed by atoms with Crippen LogP contribution in [-0.4, -0.2) is 53.8 Å². The molecule has 1 saturated heterocycles. The van der Waals surface area contributed by atoms with Crippen molar-refractivity contribution < 1.29 is 47.5 Å². The molecule has 0 N–H and O–H groups in total. The van der Waals surface area contributed by atoms with Gasteiger partial charge in [-0.15, -0.1) is 0 Å². The molecular weight excluding hydrogens is 544 g/mol. The van der Waals surface area contributed by atoms with Crippen LogP contribution in [-0.2, 0) is 25.5 Å². The predicted octanol–water partition coefficient (Wildman–Crippen LogP) is 4.60. The van der Waals surface area contributed by atoms with Crippen LogP contribution >= 0.6 is 0 Å². The molecule has 10 nitrogen and oxygen atoms in total. The number of esters is 2. The summed E-state index contributed by atoms with van der Waals surface area (Å²) >= 11 is 0. The first-order valence-electron chi connectivity index (χ1n) is 13.7. The number of methoxy groups -OCH3 is 4. The van der Waals surface area contributed by atoms with Gasteiger partial charge in [0.1, 0.15) is 11.9 Å². The van der Waals surface area contributed by atoms with Crippen molar-refractivity contribution in [3.63, 3.8) is 0 Å². The largest absolute Gasteiger partial charge is 0.497 e. The average Bonchev–Trinajstić information content (AvgIpc) is 3.64. The molecule has 0 aromatic heterocycles. The molecule has 1 fully saturated rings. The molecule has 4 unspecified atom stereocenters. The minimum Gasteiger partial charge on any atom is -0.497 e. The van der Waals surface area contributed by atoms with Crippen molar-refractivity contribution in [2.45, 2.75) is 24.9 Å². The van der Waals surface area contributed by atoms with E-state index in [0.717, 1.165) is 28.0 Å². The van der Waals surface area contributed by atoms with Crippen LogP contribution < -0.4 is 28.4 Å². The van der Waals surface area contributed by atoms with Crippen LogP contribution in [0.2, 0.25) is 0 Å². The average molecular weight is 577 g/mol. The summed E-state index contributed by atoms with van der Waals surface area (Å²) in [5.74, 6) is 0.994. The lowest BCUT2D eigenvalue weighted by Gasteiger charge is -2.38. The fourth-order valence-electron chi connectivity index (χ4n) is 6.18. The quantitative estimate of drug-likeness (QED) is 0.335. The molecule has 0 spiro atoms. The highest BCUT2D eigenvalue weighted by Gasteiger charge is 2.54. The molecule has 220 valence electrons. The molecule has 2 aliphatic heterocycles. The Morgan fingerprint density at radius 2 is 1.50 bits per heavy atom. The van der Waals surface area contributed by atoms with Crippen molar-refractivity contribution >= 4 is 11.9 Å². The third kappa shape index (κ3) is 4.80. The van der Waals surface area contributed by atoms with E-state index in [9.17, 15) is 9.59 Å². The molecule has 0 amide bonds. The van der Waals surface area contributed by atoms with Gasteiger partial charge in [0.2, 0.25) is 12.5 Å². The van der Waals surface area contributed by atoms with Gasteiger partial charge in [-0.25, -0.2) is 0 Å². The first kappa shape index (κ1) is 27.6. The van der Waals surface area contributed by atoms with E-state index in [0.29, 0.717) is 35.2 Å². The highest BCUT2D eigenvalue weighted by atomic mass is 16.7. The number of carbonyl (C=O) groups is 2. The number of ether oxygens (including phenoxy) is 8. The number of hydrogen-bond donors (Lipinski definition) is 0. The van der Waals surface area contributed by atoms with E-state index < -0.39 is 23.9 Å². The van der Waals surface area contributed by atoms with Gasteiger partial charge in [0.25, 0.3) is 0 Å². The third-order valence-corrected chi connectivity index (χ3v) is 8.20. The molecule has 10 heteroatoms. The normalized spacial score (nSPS) is 21.6. The van der Waals surface area contributed by atoms with Crippen LogP contribution in [0.25, 0.3) is 0 Å².